The van der Waals surface area contributed by atoms with Crippen molar-refractivity contribution >= 4 is 15.9 Å². The Balaban J connectivity index is 2.07. The molecule has 0 aliphatic rings. The first-order valence-corrected chi connectivity index (χ1v) is 8.18. The van der Waals surface area contributed by atoms with Crippen molar-refractivity contribution in [1.29, 1.82) is 0 Å². The molecule has 112 valence electrons. The number of alkyl halides is 1. The first-order valence-electron chi connectivity index (χ1n) is 7.06. The zero-order valence-electron chi connectivity index (χ0n) is 12.4. The zero-order chi connectivity index (χ0) is 15.2. The summed E-state index contributed by atoms with van der Waals surface area (Å²) < 4.78 is 18.7. The molecule has 1 nitrogen and oxygen atoms in total. The van der Waals surface area contributed by atoms with Gasteiger partial charge in [-0.2, -0.15) is 0 Å². The molecule has 0 amide bonds. The van der Waals surface area contributed by atoms with Gasteiger partial charge in [0.2, 0.25) is 0 Å². The Kier molecular flexibility index (Phi) is 5.80. The highest BCUT2D eigenvalue weighted by atomic mass is 79.9. The van der Waals surface area contributed by atoms with E-state index in [9.17, 15) is 4.39 Å². The number of aryl methyl sites for hydroxylation is 1. The van der Waals surface area contributed by atoms with Crippen LogP contribution in [0.4, 0.5) is 4.39 Å². The maximum atomic E-state index is 13.7. The Morgan fingerprint density at radius 3 is 2.38 bits per heavy atom. The van der Waals surface area contributed by atoms with Crippen LogP contribution in [0, 0.1) is 18.7 Å². The van der Waals surface area contributed by atoms with Crippen LogP contribution in [0.1, 0.15) is 16.7 Å². The number of hydrogen-bond acceptors (Lipinski definition) is 1. The third-order valence-electron chi connectivity index (χ3n) is 3.57. The maximum absolute atomic E-state index is 13.7. The van der Waals surface area contributed by atoms with Crippen LogP contribution in [0.2, 0.25) is 0 Å². The first-order chi connectivity index (χ1) is 10.1. The first kappa shape index (κ1) is 16.0. The number of rotatable bonds is 6. The highest BCUT2D eigenvalue weighted by molar-refractivity contribution is 9.09. The summed E-state index contributed by atoms with van der Waals surface area (Å²) in [6.45, 7) is 2.10. The molecule has 0 aliphatic carbocycles. The molecule has 1 unspecified atom stereocenters. The van der Waals surface area contributed by atoms with Crippen LogP contribution < -0.4 is 4.74 Å². The highest BCUT2D eigenvalue weighted by Crippen LogP contribution is 2.22. The van der Waals surface area contributed by atoms with Crippen LogP contribution in [0.25, 0.3) is 0 Å². The van der Waals surface area contributed by atoms with Crippen molar-refractivity contribution in [2.45, 2.75) is 19.8 Å². The van der Waals surface area contributed by atoms with Gasteiger partial charge in [0, 0.05) is 5.33 Å². The van der Waals surface area contributed by atoms with E-state index in [-0.39, 0.29) is 5.82 Å². The molecule has 2 aromatic rings. The van der Waals surface area contributed by atoms with Crippen LogP contribution in [0.3, 0.4) is 0 Å². The van der Waals surface area contributed by atoms with Crippen LogP contribution in [-0.4, -0.2) is 12.4 Å². The standard InChI is InChI=1S/C18H20BrFO/c1-13-4-3-5-14(8-13)9-16(12-19)10-15-6-7-18(21-2)17(20)11-15/h3-8,11,16H,9-10,12H2,1-2H3. The Bertz CT molecular complexity index is 598. The lowest BCUT2D eigenvalue weighted by atomic mass is 9.93. The quantitative estimate of drug-likeness (QED) is 0.670. The summed E-state index contributed by atoms with van der Waals surface area (Å²) in [6.07, 6.45) is 1.83. The third kappa shape index (κ3) is 4.57. The molecule has 0 bridgehead atoms. The molecule has 0 N–H and O–H groups in total. The van der Waals surface area contributed by atoms with Crippen molar-refractivity contribution in [1.82, 2.24) is 0 Å². The Hall–Kier alpha value is -1.35. The molecule has 0 aliphatic heterocycles. The lowest BCUT2D eigenvalue weighted by Gasteiger charge is -2.15. The summed E-state index contributed by atoms with van der Waals surface area (Å²) in [6, 6.07) is 13.8. The van der Waals surface area contributed by atoms with E-state index in [1.54, 1.807) is 12.1 Å². The van der Waals surface area contributed by atoms with Crippen molar-refractivity contribution in [2.75, 3.05) is 12.4 Å². The molecular formula is C18H20BrFO. The molecule has 0 spiro atoms. The minimum absolute atomic E-state index is 0.293. The fourth-order valence-corrected chi connectivity index (χ4v) is 2.98. The number of ether oxygens (including phenoxy) is 1. The van der Waals surface area contributed by atoms with Crippen molar-refractivity contribution in [3.8, 4) is 5.75 Å². The van der Waals surface area contributed by atoms with Crippen molar-refractivity contribution in [3.63, 3.8) is 0 Å². The molecule has 3 heteroatoms. The smallest absolute Gasteiger partial charge is 0.165 e. The van der Waals surface area contributed by atoms with E-state index in [0.29, 0.717) is 11.7 Å². The SMILES string of the molecule is COc1ccc(CC(CBr)Cc2cccc(C)c2)cc1F. The monoisotopic (exact) mass is 350 g/mol. The molecule has 2 rings (SSSR count). The largest absolute Gasteiger partial charge is 0.494 e. The van der Waals surface area contributed by atoms with E-state index in [4.69, 9.17) is 4.74 Å². The second-order valence-electron chi connectivity index (χ2n) is 5.39. The summed E-state index contributed by atoms with van der Waals surface area (Å²) in [7, 11) is 1.48. The van der Waals surface area contributed by atoms with Gasteiger partial charge in [0.25, 0.3) is 0 Å². The van der Waals surface area contributed by atoms with Gasteiger partial charge in [0.1, 0.15) is 0 Å². The van der Waals surface area contributed by atoms with E-state index in [1.165, 1.54) is 18.2 Å². The lowest BCUT2D eigenvalue weighted by Crippen LogP contribution is -2.10. The lowest BCUT2D eigenvalue weighted by molar-refractivity contribution is 0.386. The number of halogens is 2. The van der Waals surface area contributed by atoms with Crippen molar-refractivity contribution in [2.24, 2.45) is 5.92 Å². The van der Waals surface area contributed by atoms with Gasteiger partial charge in [0.05, 0.1) is 7.11 Å². The minimum Gasteiger partial charge on any atom is -0.494 e. The second kappa shape index (κ2) is 7.60. The molecule has 0 fully saturated rings. The fraction of sp³-hybridized carbons (Fsp3) is 0.333. The van der Waals surface area contributed by atoms with E-state index in [2.05, 4.69) is 47.1 Å². The topological polar surface area (TPSA) is 9.23 Å². The minimum atomic E-state index is -0.293. The van der Waals surface area contributed by atoms with Gasteiger partial charge in [-0.25, -0.2) is 4.39 Å². The summed E-state index contributed by atoms with van der Waals surface area (Å²) >= 11 is 3.58. The average Bonchev–Trinajstić information content (AvgIpc) is 2.47. The molecule has 2 aromatic carbocycles. The predicted molar refractivity (Wildman–Crippen MR) is 88.8 cm³/mol. The van der Waals surface area contributed by atoms with Crippen LogP contribution in [0.15, 0.2) is 42.5 Å². The van der Waals surface area contributed by atoms with Gasteiger partial charge in [-0.1, -0.05) is 51.8 Å². The Morgan fingerprint density at radius 1 is 1.10 bits per heavy atom. The van der Waals surface area contributed by atoms with Gasteiger partial charge in [-0.3, -0.25) is 0 Å². The number of hydrogen-bond donors (Lipinski definition) is 0. The zero-order valence-corrected chi connectivity index (χ0v) is 14.0. The van der Waals surface area contributed by atoms with Crippen molar-refractivity contribution in [3.05, 3.63) is 65.0 Å². The van der Waals surface area contributed by atoms with Crippen LogP contribution in [-0.2, 0) is 12.8 Å². The van der Waals surface area contributed by atoms with Crippen LogP contribution in [0.5, 0.6) is 5.75 Å². The van der Waals surface area contributed by atoms with Gasteiger partial charge in [-0.15, -0.1) is 0 Å². The molecule has 21 heavy (non-hydrogen) atoms. The highest BCUT2D eigenvalue weighted by Gasteiger charge is 2.12. The van der Waals surface area contributed by atoms with Gasteiger partial charge in [-0.05, 0) is 48.9 Å². The fourth-order valence-electron chi connectivity index (χ4n) is 2.52. The molecular weight excluding hydrogens is 331 g/mol. The van der Waals surface area contributed by atoms with Gasteiger partial charge >= 0.3 is 0 Å². The average molecular weight is 351 g/mol. The normalized spacial score (nSPS) is 12.2. The molecule has 0 aromatic heterocycles. The summed E-state index contributed by atoms with van der Waals surface area (Å²) in [5.74, 6) is 0.450. The van der Waals surface area contributed by atoms with Crippen molar-refractivity contribution < 1.29 is 9.13 Å². The predicted octanol–water partition coefficient (Wildman–Crippen LogP) is 4.94. The van der Waals surface area contributed by atoms with E-state index in [1.807, 2.05) is 6.07 Å². The Labute approximate surface area is 134 Å². The molecule has 1 atom stereocenters. The van der Waals surface area contributed by atoms with E-state index in [0.717, 1.165) is 23.7 Å². The Morgan fingerprint density at radius 2 is 1.81 bits per heavy atom. The summed E-state index contributed by atoms with van der Waals surface area (Å²) in [4.78, 5) is 0. The van der Waals surface area contributed by atoms with E-state index >= 15 is 0 Å². The molecule has 0 saturated heterocycles. The summed E-state index contributed by atoms with van der Waals surface area (Å²) in [5, 5.41) is 0.897. The van der Waals surface area contributed by atoms with Crippen LogP contribution >= 0.6 is 15.9 Å². The molecule has 0 radical (unpaired) electrons. The van der Waals surface area contributed by atoms with Gasteiger partial charge < -0.3 is 4.74 Å². The molecule has 0 saturated carbocycles. The maximum Gasteiger partial charge on any atom is 0.165 e. The number of benzene rings is 2. The number of methoxy groups -OCH3 is 1. The van der Waals surface area contributed by atoms with E-state index < -0.39 is 0 Å². The third-order valence-corrected chi connectivity index (χ3v) is 4.48. The molecule has 0 heterocycles. The van der Waals surface area contributed by atoms with Gasteiger partial charge in [0.15, 0.2) is 11.6 Å². The second-order valence-corrected chi connectivity index (χ2v) is 6.03. The summed E-state index contributed by atoms with van der Waals surface area (Å²) in [5.41, 5.74) is 3.61.